The second-order valence-corrected chi connectivity index (χ2v) is 4.59. The molecule has 21 heavy (non-hydrogen) atoms. The van der Waals surface area contributed by atoms with Gasteiger partial charge in [-0.15, -0.1) is 0 Å². The van der Waals surface area contributed by atoms with Gasteiger partial charge in [-0.2, -0.15) is 0 Å². The highest BCUT2D eigenvalue weighted by Crippen LogP contribution is 2.05. The van der Waals surface area contributed by atoms with Gasteiger partial charge in [-0.05, 0) is 18.4 Å². The van der Waals surface area contributed by atoms with Gasteiger partial charge in [0.25, 0.3) is 0 Å². The molecule has 6 nitrogen and oxygen atoms in total. The van der Waals surface area contributed by atoms with Crippen LogP contribution in [0.2, 0.25) is 0 Å². The maximum atomic E-state index is 11.6. The molecule has 0 bridgehead atoms. The molecule has 0 aliphatic rings. The normalized spacial score (nSPS) is 11.9. The third-order valence-corrected chi connectivity index (χ3v) is 2.91. The standard InChI is InChI=1S/C15H22N2O4/c1-20-9-10-21-11-14(18)17-13(15(16)19)8-7-12-5-3-2-4-6-12/h2-6,13H,7-11H2,1H3,(H2,16,19)(H,17,18)/t13-/m1/s1. The number of primary amides is 1. The molecule has 0 saturated heterocycles. The Balaban J connectivity index is 2.35. The van der Waals surface area contributed by atoms with Crippen LogP contribution < -0.4 is 11.1 Å². The Bertz CT molecular complexity index is 437. The lowest BCUT2D eigenvalue weighted by atomic mass is 10.0. The Kier molecular flexibility index (Phi) is 8.08. The van der Waals surface area contributed by atoms with E-state index in [0.717, 1.165) is 5.56 Å². The molecule has 1 aromatic carbocycles. The van der Waals surface area contributed by atoms with E-state index in [1.54, 1.807) is 7.11 Å². The minimum absolute atomic E-state index is 0.113. The zero-order valence-corrected chi connectivity index (χ0v) is 12.2. The van der Waals surface area contributed by atoms with Crippen LogP contribution in [-0.2, 0) is 25.5 Å². The summed E-state index contributed by atoms with van der Waals surface area (Å²) in [5.74, 6) is -0.904. The lowest BCUT2D eigenvalue weighted by Gasteiger charge is -2.15. The van der Waals surface area contributed by atoms with Crippen LogP contribution in [0.15, 0.2) is 30.3 Å². The van der Waals surface area contributed by atoms with Crippen molar-refractivity contribution in [3.05, 3.63) is 35.9 Å². The molecule has 6 heteroatoms. The fraction of sp³-hybridized carbons (Fsp3) is 0.467. The first-order valence-corrected chi connectivity index (χ1v) is 6.82. The molecule has 0 aliphatic heterocycles. The maximum Gasteiger partial charge on any atom is 0.246 e. The number of methoxy groups -OCH3 is 1. The zero-order valence-electron chi connectivity index (χ0n) is 12.2. The largest absolute Gasteiger partial charge is 0.382 e. The fourth-order valence-corrected chi connectivity index (χ4v) is 1.78. The number of benzene rings is 1. The topological polar surface area (TPSA) is 90.7 Å². The van der Waals surface area contributed by atoms with Crippen molar-refractivity contribution in [1.29, 1.82) is 0 Å². The van der Waals surface area contributed by atoms with Crippen molar-refractivity contribution in [2.45, 2.75) is 18.9 Å². The van der Waals surface area contributed by atoms with E-state index in [1.807, 2.05) is 30.3 Å². The molecule has 1 atom stereocenters. The number of hydrogen-bond acceptors (Lipinski definition) is 4. The average Bonchev–Trinajstić information content (AvgIpc) is 2.48. The summed E-state index contributed by atoms with van der Waals surface area (Å²) in [7, 11) is 1.55. The molecule has 0 aromatic heterocycles. The highest BCUT2D eigenvalue weighted by molar-refractivity contribution is 5.87. The Hall–Kier alpha value is -1.92. The van der Waals surface area contributed by atoms with E-state index in [1.165, 1.54) is 0 Å². The molecule has 0 spiro atoms. The summed E-state index contributed by atoms with van der Waals surface area (Å²) < 4.78 is 9.89. The van der Waals surface area contributed by atoms with Crippen molar-refractivity contribution in [3.8, 4) is 0 Å². The molecular weight excluding hydrogens is 272 g/mol. The summed E-state index contributed by atoms with van der Waals surface area (Å²) >= 11 is 0. The Morgan fingerprint density at radius 1 is 1.24 bits per heavy atom. The SMILES string of the molecule is COCCOCC(=O)N[C@H](CCc1ccccc1)C(N)=O. The van der Waals surface area contributed by atoms with Gasteiger partial charge in [0.05, 0.1) is 13.2 Å². The van der Waals surface area contributed by atoms with E-state index in [9.17, 15) is 9.59 Å². The molecule has 3 N–H and O–H groups in total. The second-order valence-electron chi connectivity index (χ2n) is 4.59. The molecule has 1 aromatic rings. The quantitative estimate of drug-likeness (QED) is 0.605. The molecule has 0 fully saturated rings. The third kappa shape index (κ3) is 7.43. The van der Waals surface area contributed by atoms with Gasteiger partial charge >= 0.3 is 0 Å². The second kappa shape index (κ2) is 9.90. The van der Waals surface area contributed by atoms with Crippen molar-refractivity contribution in [2.75, 3.05) is 26.9 Å². The van der Waals surface area contributed by atoms with E-state index < -0.39 is 11.9 Å². The highest BCUT2D eigenvalue weighted by atomic mass is 16.5. The monoisotopic (exact) mass is 294 g/mol. The van der Waals surface area contributed by atoms with Crippen molar-refractivity contribution in [2.24, 2.45) is 5.73 Å². The fourth-order valence-electron chi connectivity index (χ4n) is 1.78. The number of nitrogens with one attached hydrogen (secondary N) is 1. The van der Waals surface area contributed by atoms with Crippen LogP contribution in [0, 0.1) is 0 Å². The van der Waals surface area contributed by atoms with Crippen LogP contribution in [0.5, 0.6) is 0 Å². The number of carbonyl (C=O) groups is 2. The van der Waals surface area contributed by atoms with E-state index in [0.29, 0.717) is 26.1 Å². The van der Waals surface area contributed by atoms with Crippen molar-refractivity contribution >= 4 is 11.8 Å². The summed E-state index contributed by atoms with van der Waals surface area (Å²) in [6, 6.07) is 9.02. The summed E-state index contributed by atoms with van der Waals surface area (Å²) in [5, 5.41) is 2.58. The molecule has 0 heterocycles. The summed E-state index contributed by atoms with van der Waals surface area (Å²) in [6.45, 7) is 0.633. The number of hydrogen-bond donors (Lipinski definition) is 2. The number of carbonyl (C=O) groups excluding carboxylic acids is 2. The number of ether oxygens (including phenoxy) is 2. The predicted molar refractivity (Wildman–Crippen MR) is 78.6 cm³/mol. The predicted octanol–water partition coefficient (Wildman–Crippen LogP) is 0.252. The minimum Gasteiger partial charge on any atom is -0.382 e. The zero-order chi connectivity index (χ0) is 15.5. The lowest BCUT2D eigenvalue weighted by Crippen LogP contribution is -2.46. The number of nitrogens with two attached hydrogens (primary N) is 1. The summed E-state index contributed by atoms with van der Waals surface area (Å²) in [6.07, 6.45) is 1.13. The van der Waals surface area contributed by atoms with Gasteiger partial charge < -0.3 is 20.5 Å². The Labute approximate surface area is 124 Å². The first kappa shape index (κ1) is 17.1. The van der Waals surface area contributed by atoms with Crippen LogP contribution in [0.25, 0.3) is 0 Å². The molecule has 2 amide bonds. The molecule has 1 rings (SSSR count). The van der Waals surface area contributed by atoms with Gasteiger partial charge in [-0.25, -0.2) is 0 Å². The van der Waals surface area contributed by atoms with E-state index in [2.05, 4.69) is 5.32 Å². The average molecular weight is 294 g/mol. The smallest absolute Gasteiger partial charge is 0.246 e. The van der Waals surface area contributed by atoms with Gasteiger partial charge in [0.15, 0.2) is 0 Å². The lowest BCUT2D eigenvalue weighted by molar-refractivity contribution is -0.130. The van der Waals surface area contributed by atoms with Crippen molar-refractivity contribution in [1.82, 2.24) is 5.32 Å². The Morgan fingerprint density at radius 3 is 2.57 bits per heavy atom. The molecular formula is C15H22N2O4. The number of rotatable bonds is 10. The van der Waals surface area contributed by atoms with E-state index >= 15 is 0 Å². The molecule has 0 radical (unpaired) electrons. The molecule has 0 aliphatic carbocycles. The maximum absolute atomic E-state index is 11.6. The van der Waals surface area contributed by atoms with Gasteiger partial charge in [-0.3, -0.25) is 9.59 Å². The summed E-state index contributed by atoms with van der Waals surface area (Å²) in [4.78, 5) is 23.0. The van der Waals surface area contributed by atoms with Gasteiger partial charge in [0, 0.05) is 7.11 Å². The van der Waals surface area contributed by atoms with Crippen molar-refractivity contribution < 1.29 is 19.1 Å². The molecule has 0 saturated carbocycles. The summed E-state index contributed by atoms with van der Waals surface area (Å²) in [5.41, 5.74) is 6.40. The first-order valence-electron chi connectivity index (χ1n) is 6.82. The van der Waals surface area contributed by atoms with Gasteiger partial charge in [0.1, 0.15) is 12.6 Å². The number of aryl methyl sites for hydroxylation is 1. The van der Waals surface area contributed by atoms with Gasteiger partial charge in [-0.1, -0.05) is 30.3 Å². The van der Waals surface area contributed by atoms with Crippen LogP contribution in [-0.4, -0.2) is 44.8 Å². The van der Waals surface area contributed by atoms with Gasteiger partial charge in [0.2, 0.25) is 11.8 Å². The van der Waals surface area contributed by atoms with Crippen LogP contribution in [0.4, 0.5) is 0 Å². The Morgan fingerprint density at radius 2 is 1.95 bits per heavy atom. The first-order chi connectivity index (χ1) is 10.1. The van der Waals surface area contributed by atoms with E-state index in [4.69, 9.17) is 15.2 Å². The minimum atomic E-state index is -0.691. The third-order valence-electron chi connectivity index (χ3n) is 2.91. The van der Waals surface area contributed by atoms with E-state index in [-0.39, 0.29) is 12.5 Å². The number of amides is 2. The molecule has 116 valence electrons. The van der Waals surface area contributed by atoms with Crippen LogP contribution in [0.1, 0.15) is 12.0 Å². The van der Waals surface area contributed by atoms with Crippen LogP contribution in [0.3, 0.4) is 0 Å². The van der Waals surface area contributed by atoms with Crippen molar-refractivity contribution in [3.63, 3.8) is 0 Å². The van der Waals surface area contributed by atoms with Crippen LogP contribution >= 0.6 is 0 Å². The highest BCUT2D eigenvalue weighted by Gasteiger charge is 2.17. The molecule has 0 unspecified atom stereocenters.